The molecule has 1 saturated carbocycles. The Kier molecular flexibility index (Phi) is 4.58. The van der Waals surface area contributed by atoms with Crippen LogP contribution < -0.4 is 11.1 Å². The number of hydrogen-bond donors (Lipinski definition) is 2. The summed E-state index contributed by atoms with van der Waals surface area (Å²) in [5, 5.41) is 3.05. The lowest BCUT2D eigenvalue weighted by Crippen LogP contribution is -2.44. The molecule has 1 aliphatic carbocycles. The summed E-state index contributed by atoms with van der Waals surface area (Å²) < 4.78 is 0. The zero-order valence-electron chi connectivity index (χ0n) is 10.0. The maximum atomic E-state index is 11.7. The molecule has 0 aromatic rings. The number of hydrogen-bond acceptors (Lipinski definition) is 2. The van der Waals surface area contributed by atoms with Crippen molar-refractivity contribution in [1.29, 1.82) is 0 Å². The van der Waals surface area contributed by atoms with Crippen molar-refractivity contribution >= 4 is 5.91 Å². The lowest BCUT2D eigenvalue weighted by atomic mass is 9.94. The summed E-state index contributed by atoms with van der Waals surface area (Å²) >= 11 is 0. The van der Waals surface area contributed by atoms with Crippen molar-refractivity contribution in [3.8, 4) is 0 Å². The van der Waals surface area contributed by atoms with E-state index in [-0.39, 0.29) is 11.4 Å². The standard InChI is InChI=1S/C12H24N2O/c1-3-10(4-2)14-11(15)9-12(13)7-5-6-8-12/h10H,3-9,13H2,1-2H3,(H,14,15). The lowest BCUT2D eigenvalue weighted by molar-refractivity contribution is -0.123. The third kappa shape index (κ3) is 3.82. The van der Waals surface area contributed by atoms with E-state index >= 15 is 0 Å². The van der Waals surface area contributed by atoms with E-state index in [0.717, 1.165) is 25.7 Å². The van der Waals surface area contributed by atoms with Crippen molar-refractivity contribution in [3.63, 3.8) is 0 Å². The van der Waals surface area contributed by atoms with Crippen LogP contribution in [0.15, 0.2) is 0 Å². The van der Waals surface area contributed by atoms with Gasteiger partial charge in [0.25, 0.3) is 0 Å². The summed E-state index contributed by atoms with van der Waals surface area (Å²) in [4.78, 5) is 11.7. The second-order valence-electron chi connectivity index (χ2n) is 4.83. The van der Waals surface area contributed by atoms with E-state index in [1.165, 1.54) is 12.8 Å². The summed E-state index contributed by atoms with van der Waals surface area (Å²) in [6.45, 7) is 4.20. The van der Waals surface area contributed by atoms with Crippen molar-refractivity contribution in [2.45, 2.75) is 70.4 Å². The van der Waals surface area contributed by atoms with Gasteiger partial charge in [-0.3, -0.25) is 4.79 Å². The maximum absolute atomic E-state index is 11.7. The zero-order chi connectivity index (χ0) is 11.3. The largest absolute Gasteiger partial charge is 0.353 e. The smallest absolute Gasteiger partial charge is 0.222 e. The monoisotopic (exact) mass is 212 g/mol. The highest BCUT2D eigenvalue weighted by atomic mass is 16.1. The Morgan fingerprint density at radius 1 is 1.33 bits per heavy atom. The number of carbonyl (C=O) groups is 1. The third-order valence-electron chi connectivity index (χ3n) is 3.46. The van der Waals surface area contributed by atoms with Gasteiger partial charge in [-0.2, -0.15) is 0 Å². The van der Waals surface area contributed by atoms with Crippen molar-refractivity contribution in [2.24, 2.45) is 5.73 Å². The van der Waals surface area contributed by atoms with Gasteiger partial charge in [-0.1, -0.05) is 26.7 Å². The molecular formula is C12H24N2O. The highest BCUT2D eigenvalue weighted by Crippen LogP contribution is 2.29. The van der Waals surface area contributed by atoms with E-state index in [1.54, 1.807) is 0 Å². The fourth-order valence-corrected chi connectivity index (χ4v) is 2.35. The van der Waals surface area contributed by atoms with Crippen LogP contribution in [0.25, 0.3) is 0 Å². The van der Waals surface area contributed by atoms with Gasteiger partial charge in [0.05, 0.1) is 0 Å². The van der Waals surface area contributed by atoms with Gasteiger partial charge in [0.15, 0.2) is 0 Å². The van der Waals surface area contributed by atoms with Crippen molar-refractivity contribution in [3.05, 3.63) is 0 Å². The third-order valence-corrected chi connectivity index (χ3v) is 3.46. The highest BCUT2D eigenvalue weighted by Gasteiger charge is 2.31. The minimum Gasteiger partial charge on any atom is -0.353 e. The predicted molar refractivity (Wildman–Crippen MR) is 62.5 cm³/mol. The average Bonchev–Trinajstić information content (AvgIpc) is 2.61. The molecule has 1 fully saturated rings. The van der Waals surface area contributed by atoms with Crippen LogP contribution in [0.4, 0.5) is 0 Å². The first-order valence-electron chi connectivity index (χ1n) is 6.18. The molecule has 3 nitrogen and oxygen atoms in total. The Bertz CT molecular complexity index is 206. The predicted octanol–water partition coefficient (Wildman–Crippen LogP) is 1.95. The van der Waals surface area contributed by atoms with Crippen LogP contribution >= 0.6 is 0 Å². The van der Waals surface area contributed by atoms with Crippen molar-refractivity contribution < 1.29 is 4.79 Å². The van der Waals surface area contributed by atoms with Gasteiger partial charge in [0.1, 0.15) is 0 Å². The molecule has 0 bridgehead atoms. The Balaban J connectivity index is 2.34. The van der Waals surface area contributed by atoms with E-state index in [4.69, 9.17) is 5.73 Å². The van der Waals surface area contributed by atoms with Gasteiger partial charge in [-0.25, -0.2) is 0 Å². The van der Waals surface area contributed by atoms with Gasteiger partial charge in [-0.05, 0) is 25.7 Å². The van der Waals surface area contributed by atoms with Crippen molar-refractivity contribution in [1.82, 2.24) is 5.32 Å². The zero-order valence-corrected chi connectivity index (χ0v) is 10.0. The molecule has 88 valence electrons. The normalized spacial score (nSPS) is 19.5. The van der Waals surface area contributed by atoms with E-state index in [1.807, 2.05) is 0 Å². The molecule has 0 radical (unpaired) electrons. The fraction of sp³-hybridized carbons (Fsp3) is 0.917. The Hall–Kier alpha value is -0.570. The van der Waals surface area contributed by atoms with Crippen LogP contribution in [-0.4, -0.2) is 17.5 Å². The second-order valence-corrected chi connectivity index (χ2v) is 4.83. The SMILES string of the molecule is CCC(CC)NC(=O)CC1(N)CCCC1. The molecule has 1 aliphatic rings. The molecular weight excluding hydrogens is 188 g/mol. The molecule has 0 saturated heterocycles. The lowest BCUT2D eigenvalue weighted by Gasteiger charge is -2.24. The van der Waals surface area contributed by atoms with Gasteiger partial charge < -0.3 is 11.1 Å². The quantitative estimate of drug-likeness (QED) is 0.732. The van der Waals surface area contributed by atoms with Crippen molar-refractivity contribution in [2.75, 3.05) is 0 Å². The fourth-order valence-electron chi connectivity index (χ4n) is 2.35. The highest BCUT2D eigenvalue weighted by molar-refractivity contribution is 5.77. The minimum absolute atomic E-state index is 0.133. The van der Waals surface area contributed by atoms with E-state index < -0.39 is 0 Å². The number of nitrogens with two attached hydrogens (primary N) is 1. The van der Waals surface area contributed by atoms with Gasteiger partial charge in [-0.15, -0.1) is 0 Å². The molecule has 3 N–H and O–H groups in total. The van der Waals surface area contributed by atoms with Crippen LogP contribution in [0.3, 0.4) is 0 Å². The summed E-state index contributed by atoms with van der Waals surface area (Å²) in [6, 6.07) is 0.322. The summed E-state index contributed by atoms with van der Waals surface area (Å²) in [5.74, 6) is 0.133. The molecule has 0 unspecified atom stereocenters. The summed E-state index contributed by atoms with van der Waals surface area (Å²) in [6.07, 6.45) is 6.86. The number of carbonyl (C=O) groups excluding carboxylic acids is 1. The van der Waals surface area contributed by atoms with Crippen LogP contribution in [0.5, 0.6) is 0 Å². The first-order chi connectivity index (χ1) is 7.09. The van der Waals surface area contributed by atoms with E-state index in [9.17, 15) is 4.79 Å². The molecule has 0 aromatic heterocycles. The van der Waals surface area contributed by atoms with Crippen LogP contribution in [-0.2, 0) is 4.79 Å². The Morgan fingerprint density at radius 3 is 2.33 bits per heavy atom. The van der Waals surface area contributed by atoms with Gasteiger partial charge >= 0.3 is 0 Å². The average molecular weight is 212 g/mol. The number of amides is 1. The number of nitrogens with one attached hydrogen (secondary N) is 1. The molecule has 15 heavy (non-hydrogen) atoms. The summed E-state index contributed by atoms with van der Waals surface area (Å²) in [7, 11) is 0. The van der Waals surface area contributed by atoms with Crippen LogP contribution in [0.1, 0.15) is 58.8 Å². The molecule has 0 heterocycles. The van der Waals surface area contributed by atoms with Gasteiger partial charge in [0, 0.05) is 18.0 Å². The first kappa shape index (κ1) is 12.5. The van der Waals surface area contributed by atoms with E-state index in [0.29, 0.717) is 12.5 Å². The molecule has 0 aliphatic heterocycles. The topological polar surface area (TPSA) is 55.1 Å². The van der Waals surface area contributed by atoms with Crippen LogP contribution in [0, 0.1) is 0 Å². The van der Waals surface area contributed by atoms with Crippen LogP contribution in [0.2, 0.25) is 0 Å². The molecule has 1 rings (SSSR count). The van der Waals surface area contributed by atoms with E-state index in [2.05, 4.69) is 19.2 Å². The van der Waals surface area contributed by atoms with Gasteiger partial charge in [0.2, 0.25) is 5.91 Å². The molecule has 0 atom stereocenters. The minimum atomic E-state index is -0.212. The second kappa shape index (κ2) is 5.50. The Morgan fingerprint density at radius 2 is 1.87 bits per heavy atom. The molecule has 3 heteroatoms. The molecule has 0 spiro atoms. The maximum Gasteiger partial charge on any atom is 0.222 e. The Labute approximate surface area is 92.8 Å². The molecule has 1 amide bonds. The summed E-state index contributed by atoms with van der Waals surface area (Å²) in [5.41, 5.74) is 5.95. The molecule has 0 aromatic carbocycles. The number of rotatable bonds is 5. The first-order valence-corrected chi connectivity index (χ1v) is 6.18.